The van der Waals surface area contributed by atoms with E-state index in [0.717, 1.165) is 26.1 Å². The van der Waals surface area contributed by atoms with Gasteiger partial charge in [0.15, 0.2) is 0 Å². The molecule has 2 aliphatic heterocycles. The number of carbonyl (C=O) groups is 1. The van der Waals surface area contributed by atoms with Crippen molar-refractivity contribution in [3.63, 3.8) is 0 Å². The Morgan fingerprint density at radius 3 is 2.53 bits per heavy atom. The minimum Gasteiger partial charge on any atom is -0.391 e. The molecule has 2 saturated heterocycles. The summed E-state index contributed by atoms with van der Waals surface area (Å²) in [7, 11) is 0. The Bertz CT molecular complexity index is 284. The largest absolute Gasteiger partial charge is 0.391 e. The molecule has 0 bridgehead atoms. The molecule has 2 rings (SSSR count). The van der Waals surface area contributed by atoms with Crippen molar-refractivity contribution >= 4 is 5.91 Å². The molecule has 1 N–H and O–H groups in total. The molecule has 98 valence electrons. The van der Waals surface area contributed by atoms with E-state index in [1.54, 1.807) is 0 Å². The van der Waals surface area contributed by atoms with E-state index in [0.29, 0.717) is 25.3 Å². The molecule has 1 unspecified atom stereocenters. The Balaban J connectivity index is 1.91. The fourth-order valence-corrected chi connectivity index (χ4v) is 2.83. The third-order valence-electron chi connectivity index (χ3n) is 4.24. The fraction of sp³-hybridized carbons (Fsp3) is 0.923. The van der Waals surface area contributed by atoms with E-state index in [9.17, 15) is 9.90 Å². The van der Waals surface area contributed by atoms with Crippen LogP contribution < -0.4 is 0 Å². The first-order valence-corrected chi connectivity index (χ1v) is 6.58. The molecule has 0 saturated carbocycles. The van der Waals surface area contributed by atoms with Gasteiger partial charge in [0.25, 0.3) is 0 Å². The maximum absolute atomic E-state index is 12.2. The molecule has 2 heterocycles. The van der Waals surface area contributed by atoms with E-state index < -0.39 is 5.54 Å². The zero-order valence-corrected chi connectivity index (χ0v) is 10.8. The molecular formula is C13H23NO3. The minimum atomic E-state index is -0.401. The van der Waals surface area contributed by atoms with Crippen LogP contribution in [0.25, 0.3) is 0 Å². The zero-order chi connectivity index (χ0) is 12.5. The minimum absolute atomic E-state index is 0.193. The van der Waals surface area contributed by atoms with Gasteiger partial charge in [-0.2, -0.15) is 0 Å². The van der Waals surface area contributed by atoms with Gasteiger partial charge in [-0.25, -0.2) is 0 Å². The molecule has 4 nitrogen and oxygen atoms in total. The number of hydrogen-bond donors (Lipinski definition) is 1. The second kappa shape index (κ2) is 4.94. The van der Waals surface area contributed by atoms with E-state index in [1.807, 2.05) is 18.7 Å². The summed E-state index contributed by atoms with van der Waals surface area (Å²) in [5, 5.41) is 9.87. The molecule has 1 amide bonds. The summed E-state index contributed by atoms with van der Waals surface area (Å²) in [6.07, 6.45) is 2.90. The second-order valence-electron chi connectivity index (χ2n) is 5.76. The van der Waals surface area contributed by atoms with Crippen LogP contribution in [0.2, 0.25) is 0 Å². The van der Waals surface area contributed by atoms with Crippen molar-refractivity contribution in [3.8, 4) is 0 Å². The summed E-state index contributed by atoms with van der Waals surface area (Å²) in [5.74, 6) is 0.656. The van der Waals surface area contributed by atoms with Crippen LogP contribution in [0.1, 0.15) is 39.5 Å². The number of ether oxygens (including phenoxy) is 1. The lowest BCUT2D eigenvalue weighted by atomic mass is 9.94. The molecule has 2 fully saturated rings. The molecule has 1 atom stereocenters. The van der Waals surface area contributed by atoms with Crippen molar-refractivity contribution in [3.05, 3.63) is 0 Å². The van der Waals surface area contributed by atoms with Crippen molar-refractivity contribution in [2.24, 2.45) is 5.92 Å². The van der Waals surface area contributed by atoms with Gasteiger partial charge in [-0.1, -0.05) is 0 Å². The summed E-state index contributed by atoms with van der Waals surface area (Å²) in [6, 6.07) is 0. The van der Waals surface area contributed by atoms with Crippen molar-refractivity contribution in [1.29, 1.82) is 0 Å². The first kappa shape index (κ1) is 12.8. The highest BCUT2D eigenvalue weighted by molar-refractivity contribution is 5.77. The highest BCUT2D eigenvalue weighted by atomic mass is 16.5. The van der Waals surface area contributed by atoms with Crippen molar-refractivity contribution in [2.45, 2.75) is 51.2 Å². The van der Waals surface area contributed by atoms with Crippen molar-refractivity contribution in [1.82, 2.24) is 4.90 Å². The summed E-state index contributed by atoms with van der Waals surface area (Å²) >= 11 is 0. The van der Waals surface area contributed by atoms with Crippen LogP contribution in [-0.4, -0.2) is 47.3 Å². The van der Waals surface area contributed by atoms with E-state index in [-0.39, 0.29) is 12.0 Å². The topological polar surface area (TPSA) is 49.8 Å². The van der Waals surface area contributed by atoms with Gasteiger partial charge in [0.2, 0.25) is 5.91 Å². The first-order chi connectivity index (χ1) is 8.01. The SMILES string of the molecule is CC1(C)C(O)CCN1C(=O)CC1CCOCC1. The number of aliphatic hydroxyl groups excluding tert-OH is 1. The highest BCUT2D eigenvalue weighted by Gasteiger charge is 2.42. The molecule has 0 radical (unpaired) electrons. The Labute approximate surface area is 103 Å². The lowest BCUT2D eigenvalue weighted by Crippen LogP contribution is -2.48. The summed E-state index contributed by atoms with van der Waals surface area (Å²) in [4.78, 5) is 14.1. The number of nitrogens with zero attached hydrogens (tertiary/aromatic N) is 1. The summed E-state index contributed by atoms with van der Waals surface area (Å²) < 4.78 is 5.30. The van der Waals surface area contributed by atoms with E-state index in [2.05, 4.69) is 0 Å². The van der Waals surface area contributed by atoms with Gasteiger partial charge in [0.1, 0.15) is 0 Å². The monoisotopic (exact) mass is 241 g/mol. The number of likely N-dealkylation sites (tertiary alicyclic amines) is 1. The lowest BCUT2D eigenvalue weighted by molar-refractivity contribution is -0.137. The van der Waals surface area contributed by atoms with E-state index >= 15 is 0 Å². The normalized spacial score (nSPS) is 29.6. The predicted molar refractivity (Wildman–Crippen MR) is 64.6 cm³/mol. The number of aliphatic hydroxyl groups is 1. The van der Waals surface area contributed by atoms with Crippen LogP contribution >= 0.6 is 0 Å². The van der Waals surface area contributed by atoms with Gasteiger partial charge in [-0.05, 0) is 39.0 Å². The Morgan fingerprint density at radius 1 is 1.35 bits per heavy atom. The average Bonchev–Trinajstić information content (AvgIpc) is 2.55. The fourth-order valence-electron chi connectivity index (χ4n) is 2.83. The second-order valence-corrected chi connectivity index (χ2v) is 5.76. The Kier molecular flexibility index (Phi) is 3.73. The molecule has 0 aromatic heterocycles. The van der Waals surface area contributed by atoms with Crippen LogP contribution in [0.5, 0.6) is 0 Å². The molecule has 0 aromatic rings. The smallest absolute Gasteiger partial charge is 0.223 e. The van der Waals surface area contributed by atoms with Gasteiger partial charge in [0.05, 0.1) is 11.6 Å². The van der Waals surface area contributed by atoms with Gasteiger partial charge < -0.3 is 14.7 Å². The van der Waals surface area contributed by atoms with Gasteiger partial charge in [-0.3, -0.25) is 4.79 Å². The highest BCUT2D eigenvalue weighted by Crippen LogP contribution is 2.31. The number of carbonyl (C=O) groups excluding carboxylic acids is 1. The molecular weight excluding hydrogens is 218 g/mol. The van der Waals surface area contributed by atoms with Gasteiger partial charge >= 0.3 is 0 Å². The maximum Gasteiger partial charge on any atom is 0.223 e. The van der Waals surface area contributed by atoms with Crippen LogP contribution in [0.4, 0.5) is 0 Å². The third-order valence-corrected chi connectivity index (χ3v) is 4.24. The quantitative estimate of drug-likeness (QED) is 0.789. The van der Waals surface area contributed by atoms with Gasteiger partial charge in [-0.15, -0.1) is 0 Å². The van der Waals surface area contributed by atoms with E-state index in [4.69, 9.17) is 4.74 Å². The standard InChI is InChI=1S/C13H23NO3/c1-13(2)11(15)3-6-14(13)12(16)9-10-4-7-17-8-5-10/h10-11,15H,3-9H2,1-2H3. The Hall–Kier alpha value is -0.610. The van der Waals surface area contributed by atoms with E-state index in [1.165, 1.54) is 0 Å². The summed E-state index contributed by atoms with van der Waals surface area (Å²) in [6.45, 7) is 6.16. The molecule has 17 heavy (non-hydrogen) atoms. The van der Waals surface area contributed by atoms with Crippen LogP contribution in [0, 0.1) is 5.92 Å². The number of hydrogen-bond acceptors (Lipinski definition) is 3. The molecule has 0 spiro atoms. The van der Waals surface area contributed by atoms with Crippen LogP contribution in [0.15, 0.2) is 0 Å². The third kappa shape index (κ3) is 2.63. The molecule has 4 heteroatoms. The lowest BCUT2D eigenvalue weighted by Gasteiger charge is -2.35. The average molecular weight is 241 g/mol. The molecule has 2 aliphatic rings. The maximum atomic E-state index is 12.2. The van der Waals surface area contributed by atoms with Gasteiger partial charge in [0, 0.05) is 26.2 Å². The number of rotatable bonds is 2. The summed E-state index contributed by atoms with van der Waals surface area (Å²) in [5.41, 5.74) is -0.401. The first-order valence-electron chi connectivity index (χ1n) is 6.58. The van der Waals surface area contributed by atoms with Crippen molar-refractivity contribution < 1.29 is 14.6 Å². The van der Waals surface area contributed by atoms with Crippen molar-refractivity contribution in [2.75, 3.05) is 19.8 Å². The Morgan fingerprint density at radius 2 is 2.00 bits per heavy atom. The van der Waals surface area contributed by atoms with Crippen LogP contribution in [0.3, 0.4) is 0 Å². The predicted octanol–water partition coefficient (Wildman–Crippen LogP) is 1.17. The number of amides is 1. The zero-order valence-electron chi connectivity index (χ0n) is 10.8. The molecule has 0 aliphatic carbocycles. The molecule has 0 aromatic carbocycles. The van der Waals surface area contributed by atoms with Crippen LogP contribution in [-0.2, 0) is 9.53 Å².